The molecule has 1 aromatic carbocycles. The average molecular weight is 405 g/mol. The van der Waals surface area contributed by atoms with Crippen molar-refractivity contribution in [3.8, 4) is 0 Å². The third kappa shape index (κ3) is 3.25. The van der Waals surface area contributed by atoms with E-state index < -0.39 is 0 Å². The van der Waals surface area contributed by atoms with Gasteiger partial charge in [0.2, 0.25) is 0 Å². The molecule has 3 aromatic heterocycles. The maximum Gasteiger partial charge on any atom is 0.269 e. The first-order valence-corrected chi connectivity index (χ1v) is 9.56. The number of halogens is 1. The van der Waals surface area contributed by atoms with Gasteiger partial charge in [-0.2, -0.15) is 0 Å². The van der Waals surface area contributed by atoms with Crippen molar-refractivity contribution in [2.45, 2.75) is 19.8 Å². The molecule has 0 radical (unpaired) electrons. The number of carbonyl (C=O) groups excluding carboxylic acids is 1. The number of carbonyl (C=O) groups is 1. The largest absolute Gasteiger partial charge is 0.397 e. The summed E-state index contributed by atoms with van der Waals surface area (Å²) in [4.78, 5) is 22.5. The highest BCUT2D eigenvalue weighted by atomic mass is 35.5. The average Bonchev–Trinajstić information content (AvgIpc) is 3.20. The first-order chi connectivity index (χ1) is 12.0. The van der Waals surface area contributed by atoms with Crippen LogP contribution in [0.3, 0.4) is 0 Å². The zero-order valence-electron chi connectivity index (χ0n) is 14.1. The van der Waals surface area contributed by atoms with Gasteiger partial charge in [-0.15, -0.1) is 35.1 Å². The van der Waals surface area contributed by atoms with E-state index in [0.29, 0.717) is 21.6 Å². The molecule has 4 rings (SSSR count). The standard InChI is InChI=1S/C18H16N4OS2.ClH/c1-9(2)10-3-4-13-11(7-10)8-12-14(19)15(25-17(12)21-13)16(23)22-18-20-5-6-24-18;/h3-9H,19H2,1-2H3,(H,20,22,23);1H. The van der Waals surface area contributed by atoms with Crippen LogP contribution in [0.15, 0.2) is 35.8 Å². The fourth-order valence-electron chi connectivity index (χ4n) is 2.69. The van der Waals surface area contributed by atoms with Crippen LogP contribution in [0.1, 0.15) is 35.0 Å². The van der Waals surface area contributed by atoms with E-state index in [1.807, 2.05) is 17.5 Å². The number of hydrogen-bond acceptors (Lipinski definition) is 6. The van der Waals surface area contributed by atoms with E-state index in [4.69, 9.17) is 5.73 Å². The topological polar surface area (TPSA) is 80.9 Å². The molecule has 0 unspecified atom stereocenters. The summed E-state index contributed by atoms with van der Waals surface area (Å²) in [6, 6.07) is 8.28. The molecular weight excluding hydrogens is 388 g/mol. The van der Waals surface area contributed by atoms with Crippen LogP contribution in [0.2, 0.25) is 0 Å². The van der Waals surface area contributed by atoms with Gasteiger partial charge in [0.25, 0.3) is 5.91 Å². The zero-order valence-corrected chi connectivity index (χ0v) is 16.6. The molecule has 0 aliphatic heterocycles. The third-order valence-electron chi connectivity index (χ3n) is 4.06. The summed E-state index contributed by atoms with van der Waals surface area (Å²) in [5.41, 5.74) is 8.88. The molecule has 0 atom stereocenters. The summed E-state index contributed by atoms with van der Waals surface area (Å²) in [6.45, 7) is 4.32. The Morgan fingerprint density at radius 2 is 2.08 bits per heavy atom. The van der Waals surface area contributed by atoms with E-state index in [1.165, 1.54) is 28.2 Å². The number of nitrogens with two attached hydrogens (primary N) is 1. The highest BCUT2D eigenvalue weighted by molar-refractivity contribution is 7.21. The van der Waals surface area contributed by atoms with Crippen molar-refractivity contribution >= 4 is 72.9 Å². The monoisotopic (exact) mass is 404 g/mol. The maximum absolute atomic E-state index is 12.5. The molecule has 134 valence electrons. The van der Waals surface area contributed by atoms with Crippen molar-refractivity contribution < 1.29 is 4.79 Å². The highest BCUT2D eigenvalue weighted by Crippen LogP contribution is 2.35. The number of amides is 1. The van der Waals surface area contributed by atoms with Crippen LogP contribution >= 0.6 is 35.1 Å². The first-order valence-electron chi connectivity index (χ1n) is 7.86. The Morgan fingerprint density at radius 1 is 1.27 bits per heavy atom. The van der Waals surface area contributed by atoms with Gasteiger partial charge in [-0.1, -0.05) is 19.9 Å². The van der Waals surface area contributed by atoms with Gasteiger partial charge in [-0.25, -0.2) is 9.97 Å². The lowest BCUT2D eigenvalue weighted by Crippen LogP contribution is -2.11. The van der Waals surface area contributed by atoms with E-state index in [1.54, 1.807) is 6.20 Å². The van der Waals surface area contributed by atoms with Gasteiger partial charge in [0.05, 0.1) is 11.2 Å². The molecule has 4 aromatic rings. The van der Waals surface area contributed by atoms with E-state index >= 15 is 0 Å². The van der Waals surface area contributed by atoms with E-state index in [-0.39, 0.29) is 18.3 Å². The van der Waals surface area contributed by atoms with Crippen molar-refractivity contribution in [1.29, 1.82) is 0 Å². The van der Waals surface area contributed by atoms with Crippen LogP contribution in [0.4, 0.5) is 10.8 Å². The molecule has 0 aliphatic carbocycles. The first kappa shape index (κ1) is 18.6. The predicted octanol–water partition coefficient (Wildman–Crippen LogP) is 5.29. The number of fused-ring (bicyclic) bond motifs is 2. The van der Waals surface area contributed by atoms with Crippen molar-refractivity contribution in [3.05, 3.63) is 46.3 Å². The summed E-state index contributed by atoms with van der Waals surface area (Å²) < 4.78 is 0. The minimum atomic E-state index is -0.248. The SMILES string of the molecule is CC(C)c1ccc2nc3sc(C(=O)Nc4nccs4)c(N)c3cc2c1.Cl. The second kappa shape index (κ2) is 7.19. The van der Waals surface area contributed by atoms with Gasteiger partial charge in [0.1, 0.15) is 9.71 Å². The van der Waals surface area contributed by atoms with Crippen LogP contribution in [0, 0.1) is 0 Å². The van der Waals surface area contributed by atoms with E-state index in [9.17, 15) is 4.79 Å². The minimum absolute atomic E-state index is 0. The van der Waals surface area contributed by atoms with E-state index in [0.717, 1.165) is 21.1 Å². The molecule has 0 bridgehead atoms. The fourth-order valence-corrected chi connectivity index (χ4v) is 4.19. The summed E-state index contributed by atoms with van der Waals surface area (Å²) in [6.07, 6.45) is 1.65. The van der Waals surface area contributed by atoms with Crippen LogP contribution in [-0.4, -0.2) is 15.9 Å². The number of nitrogens with zero attached hydrogens (tertiary/aromatic N) is 2. The Kier molecular flexibility index (Phi) is 5.13. The smallest absolute Gasteiger partial charge is 0.269 e. The lowest BCUT2D eigenvalue weighted by atomic mass is 10.0. The van der Waals surface area contributed by atoms with Crippen molar-refractivity contribution in [1.82, 2.24) is 9.97 Å². The highest BCUT2D eigenvalue weighted by Gasteiger charge is 2.19. The fraction of sp³-hybridized carbons (Fsp3) is 0.167. The number of nitrogens with one attached hydrogen (secondary N) is 1. The van der Waals surface area contributed by atoms with Crippen molar-refractivity contribution in [2.24, 2.45) is 0 Å². The number of thiazole rings is 1. The van der Waals surface area contributed by atoms with Gasteiger partial charge >= 0.3 is 0 Å². The van der Waals surface area contributed by atoms with Crippen LogP contribution < -0.4 is 11.1 Å². The molecule has 3 N–H and O–H groups in total. The molecular formula is C18H17ClN4OS2. The maximum atomic E-state index is 12.5. The van der Waals surface area contributed by atoms with Gasteiger partial charge in [-0.05, 0) is 29.7 Å². The number of pyridine rings is 1. The zero-order chi connectivity index (χ0) is 17.6. The Bertz CT molecular complexity index is 1090. The lowest BCUT2D eigenvalue weighted by molar-refractivity contribution is 0.103. The van der Waals surface area contributed by atoms with Crippen LogP contribution in [-0.2, 0) is 0 Å². The quantitative estimate of drug-likeness (QED) is 0.486. The molecule has 8 heteroatoms. The second-order valence-electron chi connectivity index (χ2n) is 6.08. The minimum Gasteiger partial charge on any atom is -0.397 e. The molecule has 0 fully saturated rings. The molecule has 1 amide bonds. The molecule has 3 heterocycles. The van der Waals surface area contributed by atoms with E-state index in [2.05, 4.69) is 41.3 Å². The Morgan fingerprint density at radius 3 is 2.77 bits per heavy atom. The summed E-state index contributed by atoms with van der Waals surface area (Å²) in [7, 11) is 0. The molecule has 26 heavy (non-hydrogen) atoms. The normalized spacial score (nSPS) is 11.0. The lowest BCUT2D eigenvalue weighted by Gasteiger charge is -2.06. The number of anilines is 2. The summed E-state index contributed by atoms with van der Waals surface area (Å²) in [5, 5.41) is 7.00. The number of benzene rings is 1. The molecule has 0 saturated carbocycles. The number of nitrogen functional groups attached to an aromatic ring is 1. The number of hydrogen-bond donors (Lipinski definition) is 2. The van der Waals surface area contributed by atoms with Gasteiger partial charge in [0, 0.05) is 22.3 Å². The Hall–Kier alpha value is -2.22. The second-order valence-corrected chi connectivity index (χ2v) is 7.98. The van der Waals surface area contributed by atoms with Crippen molar-refractivity contribution in [2.75, 3.05) is 11.1 Å². The predicted molar refractivity (Wildman–Crippen MR) is 113 cm³/mol. The third-order valence-corrected chi connectivity index (χ3v) is 5.87. The number of thiophene rings is 1. The summed E-state index contributed by atoms with van der Waals surface area (Å²) in [5.74, 6) is 0.196. The molecule has 0 saturated heterocycles. The molecule has 5 nitrogen and oxygen atoms in total. The Balaban J connectivity index is 0.00000196. The van der Waals surface area contributed by atoms with Crippen LogP contribution in [0.25, 0.3) is 21.1 Å². The molecule has 0 spiro atoms. The Labute approximate surface area is 164 Å². The van der Waals surface area contributed by atoms with Gasteiger partial charge in [0.15, 0.2) is 5.13 Å². The summed E-state index contributed by atoms with van der Waals surface area (Å²) >= 11 is 2.68. The van der Waals surface area contributed by atoms with Crippen molar-refractivity contribution in [3.63, 3.8) is 0 Å². The van der Waals surface area contributed by atoms with Crippen LogP contribution in [0.5, 0.6) is 0 Å². The number of aromatic nitrogens is 2. The number of rotatable bonds is 3. The molecule has 0 aliphatic rings. The van der Waals surface area contributed by atoms with Gasteiger partial charge < -0.3 is 5.73 Å². The van der Waals surface area contributed by atoms with Gasteiger partial charge in [-0.3, -0.25) is 10.1 Å².